The molecular formula is C18H21N3. The Morgan fingerprint density at radius 2 is 1.95 bits per heavy atom. The zero-order chi connectivity index (χ0) is 14.8. The molecule has 3 heteroatoms. The molecule has 3 aromatic rings. The van der Waals surface area contributed by atoms with Gasteiger partial charge in [-0.05, 0) is 31.5 Å². The van der Waals surface area contributed by atoms with Gasteiger partial charge in [0.1, 0.15) is 5.82 Å². The van der Waals surface area contributed by atoms with Crippen molar-refractivity contribution in [3.05, 3.63) is 65.5 Å². The third kappa shape index (κ3) is 2.69. The molecule has 3 nitrogen and oxygen atoms in total. The van der Waals surface area contributed by atoms with Crippen LogP contribution in [0.2, 0.25) is 0 Å². The summed E-state index contributed by atoms with van der Waals surface area (Å²) in [5.74, 6) is 1.06. The average molecular weight is 279 g/mol. The van der Waals surface area contributed by atoms with Gasteiger partial charge >= 0.3 is 0 Å². The number of benzene rings is 2. The molecule has 1 heterocycles. The van der Waals surface area contributed by atoms with Gasteiger partial charge in [0, 0.05) is 19.0 Å². The normalized spacial score (nSPS) is 12.7. The molecule has 0 radical (unpaired) electrons. The Morgan fingerprint density at radius 3 is 2.71 bits per heavy atom. The fraction of sp³-hybridized carbons (Fsp3) is 0.278. The van der Waals surface area contributed by atoms with Gasteiger partial charge in [-0.25, -0.2) is 4.98 Å². The van der Waals surface area contributed by atoms with E-state index in [4.69, 9.17) is 10.7 Å². The van der Waals surface area contributed by atoms with E-state index in [9.17, 15) is 0 Å². The highest BCUT2D eigenvalue weighted by molar-refractivity contribution is 5.75. The second kappa shape index (κ2) is 5.70. The van der Waals surface area contributed by atoms with Crippen LogP contribution in [0.4, 0.5) is 0 Å². The SMILES string of the molecule is CCn1c(CC(N)c2cccc(C)c2)nc2ccccc21. The lowest BCUT2D eigenvalue weighted by atomic mass is 10.0. The summed E-state index contributed by atoms with van der Waals surface area (Å²) < 4.78 is 2.25. The number of hydrogen-bond donors (Lipinski definition) is 1. The van der Waals surface area contributed by atoms with E-state index in [1.807, 2.05) is 6.07 Å². The van der Waals surface area contributed by atoms with Gasteiger partial charge in [0.05, 0.1) is 11.0 Å². The number of nitrogens with zero attached hydrogens (tertiary/aromatic N) is 2. The number of hydrogen-bond acceptors (Lipinski definition) is 2. The van der Waals surface area contributed by atoms with Crippen molar-refractivity contribution in [1.82, 2.24) is 9.55 Å². The third-order valence-electron chi connectivity index (χ3n) is 3.92. The molecule has 1 atom stereocenters. The fourth-order valence-electron chi connectivity index (χ4n) is 2.85. The molecule has 0 fully saturated rings. The minimum Gasteiger partial charge on any atom is -0.328 e. The molecule has 0 saturated carbocycles. The second-order valence-electron chi connectivity index (χ2n) is 5.49. The number of fused-ring (bicyclic) bond motifs is 1. The van der Waals surface area contributed by atoms with Crippen molar-refractivity contribution >= 4 is 11.0 Å². The van der Waals surface area contributed by atoms with Crippen LogP contribution in [0.15, 0.2) is 48.5 Å². The topological polar surface area (TPSA) is 43.8 Å². The molecule has 2 N–H and O–H groups in total. The maximum atomic E-state index is 6.39. The van der Waals surface area contributed by atoms with Gasteiger partial charge in [0.25, 0.3) is 0 Å². The standard InChI is InChI=1S/C18H21N3/c1-3-21-17-10-5-4-9-16(17)20-18(21)12-15(19)14-8-6-7-13(2)11-14/h4-11,15H,3,12,19H2,1-2H3. The molecule has 0 spiro atoms. The summed E-state index contributed by atoms with van der Waals surface area (Å²) in [6, 6.07) is 16.6. The van der Waals surface area contributed by atoms with Crippen LogP contribution < -0.4 is 5.73 Å². The number of nitrogens with two attached hydrogens (primary N) is 1. The first-order valence-electron chi connectivity index (χ1n) is 7.45. The maximum absolute atomic E-state index is 6.39. The van der Waals surface area contributed by atoms with Crippen molar-refractivity contribution in [2.45, 2.75) is 32.9 Å². The van der Waals surface area contributed by atoms with Gasteiger partial charge in [0.15, 0.2) is 0 Å². The Kier molecular flexibility index (Phi) is 3.76. The van der Waals surface area contributed by atoms with Gasteiger partial charge in [-0.15, -0.1) is 0 Å². The molecule has 0 aliphatic heterocycles. The zero-order valence-corrected chi connectivity index (χ0v) is 12.6. The molecule has 0 aliphatic carbocycles. The van der Waals surface area contributed by atoms with Crippen LogP contribution in [0.5, 0.6) is 0 Å². The zero-order valence-electron chi connectivity index (χ0n) is 12.6. The summed E-state index contributed by atoms with van der Waals surface area (Å²) in [6.45, 7) is 5.16. The smallest absolute Gasteiger partial charge is 0.111 e. The molecule has 1 unspecified atom stereocenters. The molecule has 21 heavy (non-hydrogen) atoms. The highest BCUT2D eigenvalue weighted by Gasteiger charge is 2.14. The van der Waals surface area contributed by atoms with Crippen molar-refractivity contribution in [2.24, 2.45) is 5.73 Å². The molecule has 0 amide bonds. The highest BCUT2D eigenvalue weighted by atomic mass is 15.1. The molecule has 1 aromatic heterocycles. The van der Waals surface area contributed by atoms with Gasteiger partial charge < -0.3 is 10.3 Å². The van der Waals surface area contributed by atoms with Gasteiger partial charge in [-0.1, -0.05) is 42.0 Å². The van der Waals surface area contributed by atoms with Crippen LogP contribution >= 0.6 is 0 Å². The van der Waals surface area contributed by atoms with Crippen LogP contribution in [-0.2, 0) is 13.0 Å². The first-order chi connectivity index (χ1) is 10.2. The van der Waals surface area contributed by atoms with Crippen molar-refractivity contribution in [3.63, 3.8) is 0 Å². The summed E-state index contributed by atoms with van der Waals surface area (Å²) >= 11 is 0. The van der Waals surface area contributed by atoms with Gasteiger partial charge in [0.2, 0.25) is 0 Å². The largest absolute Gasteiger partial charge is 0.328 e. The van der Waals surface area contributed by atoms with Crippen molar-refractivity contribution in [2.75, 3.05) is 0 Å². The summed E-state index contributed by atoms with van der Waals surface area (Å²) in [6.07, 6.45) is 0.756. The Morgan fingerprint density at radius 1 is 1.14 bits per heavy atom. The number of aryl methyl sites for hydroxylation is 2. The van der Waals surface area contributed by atoms with E-state index in [1.165, 1.54) is 16.6 Å². The number of aromatic nitrogens is 2. The minimum atomic E-state index is -0.0213. The van der Waals surface area contributed by atoms with E-state index in [0.29, 0.717) is 0 Å². The van der Waals surface area contributed by atoms with E-state index in [-0.39, 0.29) is 6.04 Å². The van der Waals surface area contributed by atoms with E-state index in [1.54, 1.807) is 0 Å². The van der Waals surface area contributed by atoms with E-state index >= 15 is 0 Å². The highest BCUT2D eigenvalue weighted by Crippen LogP contribution is 2.21. The number of para-hydroxylation sites is 2. The summed E-state index contributed by atoms with van der Waals surface area (Å²) in [5.41, 5.74) is 11.0. The molecule has 0 saturated heterocycles. The molecule has 2 aromatic carbocycles. The number of rotatable bonds is 4. The summed E-state index contributed by atoms with van der Waals surface area (Å²) in [5, 5.41) is 0. The van der Waals surface area contributed by atoms with Crippen LogP contribution in [0.25, 0.3) is 11.0 Å². The van der Waals surface area contributed by atoms with Crippen molar-refractivity contribution in [1.29, 1.82) is 0 Å². The second-order valence-corrected chi connectivity index (χ2v) is 5.49. The van der Waals surface area contributed by atoms with Crippen molar-refractivity contribution in [3.8, 4) is 0 Å². The monoisotopic (exact) mass is 279 g/mol. The van der Waals surface area contributed by atoms with E-state index in [2.05, 4.69) is 60.9 Å². The van der Waals surface area contributed by atoms with Gasteiger partial charge in [-0.2, -0.15) is 0 Å². The fourth-order valence-corrected chi connectivity index (χ4v) is 2.85. The lowest BCUT2D eigenvalue weighted by molar-refractivity contribution is 0.637. The maximum Gasteiger partial charge on any atom is 0.111 e. The van der Waals surface area contributed by atoms with E-state index < -0.39 is 0 Å². The molecular weight excluding hydrogens is 258 g/mol. The molecule has 0 bridgehead atoms. The predicted molar refractivity (Wildman–Crippen MR) is 87.2 cm³/mol. The van der Waals surface area contributed by atoms with Crippen LogP contribution in [0.1, 0.15) is 29.9 Å². The van der Waals surface area contributed by atoms with E-state index in [0.717, 1.165) is 24.3 Å². The number of imidazole rings is 1. The molecule has 108 valence electrons. The Balaban J connectivity index is 1.94. The summed E-state index contributed by atoms with van der Waals surface area (Å²) in [4.78, 5) is 4.75. The lowest BCUT2D eigenvalue weighted by Gasteiger charge is -2.13. The summed E-state index contributed by atoms with van der Waals surface area (Å²) in [7, 11) is 0. The Bertz CT molecular complexity index is 758. The first kappa shape index (κ1) is 13.8. The molecule has 0 aliphatic rings. The minimum absolute atomic E-state index is 0.0213. The van der Waals surface area contributed by atoms with Crippen molar-refractivity contribution < 1.29 is 0 Å². The van der Waals surface area contributed by atoms with Crippen LogP contribution in [0.3, 0.4) is 0 Å². The quantitative estimate of drug-likeness (QED) is 0.793. The first-order valence-corrected chi connectivity index (χ1v) is 7.45. The van der Waals surface area contributed by atoms with Crippen LogP contribution in [0, 0.1) is 6.92 Å². The Labute approximate surface area is 125 Å². The Hall–Kier alpha value is -2.13. The molecule has 3 rings (SSSR count). The average Bonchev–Trinajstić information content (AvgIpc) is 2.84. The third-order valence-corrected chi connectivity index (χ3v) is 3.92. The predicted octanol–water partition coefficient (Wildman–Crippen LogP) is 3.61. The van der Waals surface area contributed by atoms with Gasteiger partial charge in [-0.3, -0.25) is 0 Å². The lowest BCUT2D eigenvalue weighted by Crippen LogP contribution is -2.16. The van der Waals surface area contributed by atoms with Crippen LogP contribution in [-0.4, -0.2) is 9.55 Å².